The van der Waals surface area contributed by atoms with Gasteiger partial charge in [-0.2, -0.15) is 11.8 Å². The van der Waals surface area contributed by atoms with E-state index in [0.29, 0.717) is 23.4 Å². The number of nitrogens with zero attached hydrogens (tertiary/aromatic N) is 1. The number of hydrogen-bond donors (Lipinski definition) is 2. The highest BCUT2D eigenvalue weighted by Crippen LogP contribution is 2.31. The number of rotatable bonds is 12. The highest BCUT2D eigenvalue weighted by Gasteiger charge is 2.18. The van der Waals surface area contributed by atoms with E-state index in [1.165, 1.54) is 25.3 Å². The number of anilines is 1. The Balaban J connectivity index is 1.74. The number of nitrogens with one attached hydrogen (secondary N) is 1. The molecule has 2 N–H and O–H groups in total. The summed E-state index contributed by atoms with van der Waals surface area (Å²) in [4.78, 5) is 28.3. The van der Waals surface area contributed by atoms with Gasteiger partial charge in [-0.25, -0.2) is 14.2 Å². The number of amides is 1. The molecule has 0 radical (unpaired) electrons. The number of halogens is 3. The normalized spacial score (nSPS) is 11.4. The van der Waals surface area contributed by atoms with Crippen molar-refractivity contribution >= 4 is 69.4 Å². The Bertz CT molecular complexity index is 1290. The second-order valence-electron chi connectivity index (χ2n) is 7.39. The molecule has 12 heteroatoms. The molecule has 0 aliphatic heterocycles. The lowest BCUT2D eigenvalue weighted by Crippen LogP contribution is -2.12. The van der Waals surface area contributed by atoms with Crippen LogP contribution in [-0.2, 0) is 20.9 Å². The minimum absolute atomic E-state index is 0.0580. The van der Waals surface area contributed by atoms with Crippen molar-refractivity contribution < 1.29 is 28.6 Å². The van der Waals surface area contributed by atoms with E-state index in [0.717, 1.165) is 22.8 Å². The smallest absolute Gasteiger partial charge is 0.371 e. The summed E-state index contributed by atoms with van der Waals surface area (Å²) in [5.74, 6) is -0.780. The number of carboxylic acids is 1. The predicted octanol–water partition coefficient (Wildman–Crippen LogP) is 6.85. The van der Waals surface area contributed by atoms with Gasteiger partial charge >= 0.3 is 5.97 Å². The lowest BCUT2D eigenvalue weighted by molar-refractivity contribution is -0.135. The molecule has 1 amide bonds. The number of hydrogen-bond acceptors (Lipinski definition) is 7. The number of aromatic nitrogens is 1. The van der Waals surface area contributed by atoms with Gasteiger partial charge in [-0.3, -0.25) is 10.1 Å². The summed E-state index contributed by atoms with van der Waals surface area (Å²) in [5, 5.41) is 13.8. The number of methoxy groups -OCH3 is 1. The molecule has 0 bridgehead atoms. The summed E-state index contributed by atoms with van der Waals surface area (Å²) in [5.41, 5.74) is 1.42. The third-order valence-corrected chi connectivity index (χ3v) is 7.21. The average molecular weight is 586 g/mol. The van der Waals surface area contributed by atoms with Crippen molar-refractivity contribution in [3.05, 3.63) is 74.0 Å². The molecule has 1 heterocycles. The Kier molecular flexibility index (Phi) is 10.8. The third kappa shape index (κ3) is 7.68. The zero-order valence-corrected chi connectivity index (χ0v) is 23.0. The van der Waals surface area contributed by atoms with E-state index in [-0.39, 0.29) is 38.7 Å². The fourth-order valence-corrected chi connectivity index (χ4v) is 4.98. The standard InChI is InChI=1S/C25H23Cl2FN2O5S2/c1-3-36-8-7-35-12-14-5-4-6-16(22(14)28)20-13-37-25(29-20)30-23(31)15-9-18(26)17(19(27)10-15)11-21(34-2)24(32)33/h4-6,9-11,13H,3,7-8,12H2,1-2H3,(H,32,33)(H,29,30,31)/b21-11+. The van der Waals surface area contributed by atoms with Crippen molar-refractivity contribution in [2.75, 3.05) is 30.5 Å². The molecular weight excluding hydrogens is 562 g/mol. The fraction of sp³-hybridized carbons (Fsp3) is 0.240. The fourth-order valence-electron chi connectivity index (χ4n) is 3.15. The van der Waals surface area contributed by atoms with E-state index in [9.17, 15) is 9.59 Å². The van der Waals surface area contributed by atoms with Crippen LogP contribution >= 0.6 is 46.3 Å². The third-order valence-electron chi connectivity index (χ3n) is 4.96. The molecule has 0 fully saturated rings. The molecule has 0 atom stereocenters. The molecule has 196 valence electrons. The van der Waals surface area contributed by atoms with Gasteiger partial charge in [0.25, 0.3) is 5.91 Å². The number of carboxylic acid groups (broad SMARTS) is 1. The van der Waals surface area contributed by atoms with E-state index in [1.54, 1.807) is 35.3 Å². The molecule has 3 aromatic rings. The van der Waals surface area contributed by atoms with Crippen molar-refractivity contribution in [2.24, 2.45) is 0 Å². The van der Waals surface area contributed by atoms with Gasteiger partial charge in [0.2, 0.25) is 5.76 Å². The number of ether oxygens (including phenoxy) is 2. The van der Waals surface area contributed by atoms with Crippen LogP contribution in [0.1, 0.15) is 28.4 Å². The van der Waals surface area contributed by atoms with Crippen LogP contribution in [0.3, 0.4) is 0 Å². The zero-order valence-electron chi connectivity index (χ0n) is 19.8. The maximum Gasteiger partial charge on any atom is 0.371 e. The van der Waals surface area contributed by atoms with E-state index < -0.39 is 17.7 Å². The van der Waals surface area contributed by atoms with Gasteiger partial charge in [0.15, 0.2) is 5.13 Å². The predicted molar refractivity (Wildman–Crippen MR) is 147 cm³/mol. The molecule has 0 aliphatic rings. The van der Waals surface area contributed by atoms with Gasteiger partial charge < -0.3 is 14.6 Å². The molecule has 0 unspecified atom stereocenters. The summed E-state index contributed by atoms with van der Waals surface area (Å²) in [6, 6.07) is 7.71. The van der Waals surface area contributed by atoms with Gasteiger partial charge in [-0.15, -0.1) is 11.3 Å². The molecular formula is C25H23Cl2FN2O5S2. The Hall–Kier alpha value is -2.63. The van der Waals surface area contributed by atoms with Crippen LogP contribution in [0, 0.1) is 5.82 Å². The van der Waals surface area contributed by atoms with Gasteiger partial charge in [-0.1, -0.05) is 42.3 Å². The van der Waals surface area contributed by atoms with Gasteiger partial charge in [-0.05, 0) is 30.0 Å². The molecule has 1 aromatic heterocycles. The maximum absolute atomic E-state index is 15.1. The minimum atomic E-state index is -1.29. The quantitative estimate of drug-likeness (QED) is 0.136. The SMILES string of the molecule is CCSCCOCc1cccc(-c2csc(NC(=O)c3cc(Cl)c(/C=C(/OC)C(=O)O)c(Cl)c3)n2)c1F. The number of thioether (sulfide) groups is 1. The first kappa shape index (κ1) is 28.9. The number of aliphatic carboxylic acids is 1. The summed E-state index contributed by atoms with van der Waals surface area (Å²) < 4.78 is 25.4. The van der Waals surface area contributed by atoms with E-state index in [4.69, 9.17) is 37.8 Å². The topological polar surface area (TPSA) is 97.8 Å². The molecule has 0 aliphatic carbocycles. The van der Waals surface area contributed by atoms with Crippen molar-refractivity contribution in [3.63, 3.8) is 0 Å². The Labute approximate surface area is 231 Å². The molecule has 2 aromatic carbocycles. The van der Waals surface area contributed by atoms with E-state index >= 15 is 4.39 Å². The van der Waals surface area contributed by atoms with Crippen molar-refractivity contribution in [2.45, 2.75) is 13.5 Å². The monoisotopic (exact) mass is 584 g/mol. The molecule has 0 saturated carbocycles. The molecule has 3 rings (SSSR count). The van der Waals surface area contributed by atoms with Crippen LogP contribution < -0.4 is 5.32 Å². The Morgan fingerprint density at radius 1 is 1.27 bits per heavy atom. The first-order chi connectivity index (χ1) is 17.7. The van der Waals surface area contributed by atoms with Crippen LogP contribution in [0.15, 0.2) is 41.5 Å². The summed E-state index contributed by atoms with van der Waals surface area (Å²) >= 11 is 15.4. The van der Waals surface area contributed by atoms with Crippen LogP contribution in [0.4, 0.5) is 9.52 Å². The molecule has 0 saturated heterocycles. The molecule has 0 spiro atoms. The van der Waals surface area contributed by atoms with Gasteiger partial charge in [0.05, 0.1) is 36.1 Å². The summed E-state index contributed by atoms with van der Waals surface area (Å²) in [7, 11) is 1.20. The van der Waals surface area contributed by atoms with Crippen LogP contribution in [-0.4, -0.2) is 47.2 Å². The summed E-state index contributed by atoms with van der Waals surface area (Å²) in [6.45, 7) is 2.76. The second-order valence-corrected chi connectivity index (χ2v) is 10.5. The summed E-state index contributed by atoms with van der Waals surface area (Å²) in [6.07, 6.45) is 1.17. The maximum atomic E-state index is 15.1. The number of carbonyl (C=O) groups is 2. The minimum Gasteiger partial charge on any atom is -0.490 e. The van der Waals surface area contributed by atoms with Crippen LogP contribution in [0.5, 0.6) is 0 Å². The number of benzene rings is 2. The lowest BCUT2D eigenvalue weighted by atomic mass is 10.1. The number of carbonyl (C=O) groups excluding carboxylic acids is 1. The second kappa shape index (κ2) is 13.8. The molecule has 7 nitrogen and oxygen atoms in total. The lowest BCUT2D eigenvalue weighted by Gasteiger charge is -2.09. The van der Waals surface area contributed by atoms with E-state index in [1.807, 2.05) is 0 Å². The molecule has 37 heavy (non-hydrogen) atoms. The average Bonchev–Trinajstić information content (AvgIpc) is 3.32. The highest BCUT2D eigenvalue weighted by atomic mass is 35.5. The van der Waals surface area contributed by atoms with Gasteiger partial charge in [0.1, 0.15) is 5.82 Å². The van der Waals surface area contributed by atoms with Crippen molar-refractivity contribution in [1.82, 2.24) is 4.98 Å². The van der Waals surface area contributed by atoms with Crippen molar-refractivity contribution in [1.29, 1.82) is 0 Å². The first-order valence-electron chi connectivity index (χ1n) is 10.9. The number of thiazole rings is 1. The Morgan fingerprint density at radius 2 is 2.00 bits per heavy atom. The largest absolute Gasteiger partial charge is 0.490 e. The van der Waals surface area contributed by atoms with Crippen molar-refractivity contribution in [3.8, 4) is 11.3 Å². The van der Waals surface area contributed by atoms with E-state index in [2.05, 4.69) is 17.2 Å². The Morgan fingerprint density at radius 3 is 2.65 bits per heavy atom. The first-order valence-corrected chi connectivity index (χ1v) is 13.7. The zero-order chi connectivity index (χ0) is 26.9. The highest BCUT2D eigenvalue weighted by molar-refractivity contribution is 7.99. The van der Waals surface area contributed by atoms with Crippen LogP contribution in [0.25, 0.3) is 17.3 Å². The van der Waals surface area contributed by atoms with Gasteiger partial charge in [0, 0.05) is 33.4 Å². The van der Waals surface area contributed by atoms with Crippen LogP contribution in [0.2, 0.25) is 10.0 Å².